The van der Waals surface area contributed by atoms with Gasteiger partial charge in [-0.3, -0.25) is 0 Å². The highest BCUT2D eigenvalue weighted by Crippen LogP contribution is 2.28. The third kappa shape index (κ3) is 3.89. The largest absolute Gasteiger partial charge is 0.417 e. The molecule has 0 aromatic carbocycles. The molecular weight excluding hydrogens is 231 g/mol. The van der Waals surface area contributed by atoms with Gasteiger partial charge in [-0.05, 0) is 18.1 Å². The van der Waals surface area contributed by atoms with E-state index >= 15 is 0 Å². The molecule has 3 N–H and O–H groups in total. The van der Waals surface area contributed by atoms with Gasteiger partial charge in [0.15, 0.2) is 0 Å². The summed E-state index contributed by atoms with van der Waals surface area (Å²) in [5.41, 5.74) is 4.80. The minimum atomic E-state index is -4.35. The first-order valence-electron chi connectivity index (χ1n) is 5.34. The van der Waals surface area contributed by atoms with Gasteiger partial charge < -0.3 is 11.1 Å². The molecule has 6 heteroatoms. The summed E-state index contributed by atoms with van der Waals surface area (Å²) in [6.07, 6.45) is -3.53. The van der Waals surface area contributed by atoms with Crippen molar-refractivity contribution in [3.63, 3.8) is 0 Å². The zero-order chi connectivity index (χ0) is 13.1. The van der Waals surface area contributed by atoms with Crippen LogP contribution in [0, 0.1) is 5.92 Å². The van der Waals surface area contributed by atoms with E-state index in [0.717, 1.165) is 12.3 Å². The van der Waals surface area contributed by atoms with Gasteiger partial charge in [-0.25, -0.2) is 4.98 Å². The maximum Gasteiger partial charge on any atom is 0.417 e. The van der Waals surface area contributed by atoms with Crippen LogP contribution in [0.15, 0.2) is 18.3 Å². The Morgan fingerprint density at radius 1 is 1.35 bits per heavy atom. The fourth-order valence-electron chi connectivity index (χ4n) is 1.33. The van der Waals surface area contributed by atoms with E-state index in [-0.39, 0.29) is 12.0 Å². The van der Waals surface area contributed by atoms with Crippen molar-refractivity contribution in [2.45, 2.75) is 26.1 Å². The van der Waals surface area contributed by atoms with E-state index in [1.165, 1.54) is 6.07 Å². The summed E-state index contributed by atoms with van der Waals surface area (Å²) in [5.74, 6) is 0.686. The Kier molecular flexibility index (Phi) is 4.34. The normalized spacial score (nSPS) is 13.8. The van der Waals surface area contributed by atoms with Gasteiger partial charge in [-0.2, -0.15) is 13.2 Å². The van der Waals surface area contributed by atoms with Crippen LogP contribution >= 0.6 is 0 Å². The maximum atomic E-state index is 12.3. The average Bonchev–Trinajstić information content (AvgIpc) is 2.25. The molecule has 3 nitrogen and oxygen atoms in total. The lowest BCUT2D eigenvalue weighted by atomic mass is 10.1. The van der Waals surface area contributed by atoms with Crippen molar-refractivity contribution < 1.29 is 13.2 Å². The Bertz CT molecular complexity index is 346. The topological polar surface area (TPSA) is 50.9 Å². The number of nitrogens with two attached hydrogens (primary N) is 1. The Morgan fingerprint density at radius 2 is 2.00 bits per heavy atom. The van der Waals surface area contributed by atoms with Gasteiger partial charge in [-0.15, -0.1) is 0 Å². The van der Waals surface area contributed by atoms with E-state index < -0.39 is 11.7 Å². The van der Waals surface area contributed by atoms with Gasteiger partial charge in [-0.1, -0.05) is 13.8 Å². The number of pyridine rings is 1. The first kappa shape index (κ1) is 13.8. The lowest BCUT2D eigenvalue weighted by Gasteiger charge is -2.21. The summed E-state index contributed by atoms with van der Waals surface area (Å²) in [6.45, 7) is 4.36. The number of nitrogens with zero attached hydrogens (tertiary/aromatic N) is 1. The van der Waals surface area contributed by atoms with E-state index in [0.29, 0.717) is 12.4 Å². The van der Waals surface area contributed by atoms with E-state index in [4.69, 9.17) is 5.73 Å². The van der Waals surface area contributed by atoms with Crippen LogP contribution in [0.5, 0.6) is 0 Å². The second kappa shape index (κ2) is 5.35. The van der Waals surface area contributed by atoms with Gasteiger partial charge >= 0.3 is 6.18 Å². The lowest BCUT2D eigenvalue weighted by Crippen LogP contribution is -2.34. The second-order valence-corrected chi connectivity index (χ2v) is 4.16. The zero-order valence-electron chi connectivity index (χ0n) is 9.75. The fraction of sp³-hybridized carbons (Fsp3) is 0.545. The zero-order valence-corrected chi connectivity index (χ0v) is 9.75. The Morgan fingerprint density at radius 3 is 2.35 bits per heavy atom. The van der Waals surface area contributed by atoms with Gasteiger partial charge in [0.25, 0.3) is 0 Å². The molecule has 0 radical (unpaired) electrons. The first-order valence-corrected chi connectivity index (χ1v) is 5.34. The number of hydrogen-bond donors (Lipinski definition) is 2. The Balaban J connectivity index is 2.75. The minimum Gasteiger partial charge on any atom is -0.366 e. The van der Waals surface area contributed by atoms with Gasteiger partial charge in [0.2, 0.25) is 0 Å². The van der Waals surface area contributed by atoms with Crippen molar-refractivity contribution in [3.05, 3.63) is 23.9 Å². The Hall–Kier alpha value is -1.30. The van der Waals surface area contributed by atoms with Crippen LogP contribution in [0.3, 0.4) is 0 Å². The number of nitrogens with one attached hydrogen (secondary N) is 1. The standard InChI is InChI=1S/C11H16F3N3/c1-7(2)9(5-15)17-10-4-3-8(6-16-10)11(12,13)14/h3-4,6-7,9H,5,15H2,1-2H3,(H,16,17). The molecule has 1 aromatic heterocycles. The summed E-state index contributed by atoms with van der Waals surface area (Å²) in [5, 5.41) is 3.00. The summed E-state index contributed by atoms with van der Waals surface area (Å²) in [6, 6.07) is 2.32. The predicted molar refractivity (Wildman–Crippen MR) is 60.5 cm³/mol. The van der Waals surface area contributed by atoms with Gasteiger partial charge in [0, 0.05) is 18.8 Å². The summed E-state index contributed by atoms with van der Waals surface area (Å²) < 4.78 is 36.9. The molecule has 0 fully saturated rings. The predicted octanol–water partition coefficient (Wildman–Crippen LogP) is 2.50. The molecule has 1 aromatic rings. The van der Waals surface area contributed by atoms with E-state index in [1.54, 1.807) is 0 Å². The molecule has 1 atom stereocenters. The number of aromatic nitrogens is 1. The van der Waals surface area contributed by atoms with Crippen LogP contribution in [0.2, 0.25) is 0 Å². The van der Waals surface area contributed by atoms with Crippen LogP contribution in [0.25, 0.3) is 0 Å². The van der Waals surface area contributed by atoms with Crippen LogP contribution < -0.4 is 11.1 Å². The van der Waals surface area contributed by atoms with E-state index in [2.05, 4.69) is 10.3 Å². The van der Waals surface area contributed by atoms with E-state index in [1.807, 2.05) is 13.8 Å². The van der Waals surface area contributed by atoms with Crippen molar-refractivity contribution in [3.8, 4) is 0 Å². The smallest absolute Gasteiger partial charge is 0.366 e. The van der Waals surface area contributed by atoms with Crippen molar-refractivity contribution in [1.29, 1.82) is 0 Å². The van der Waals surface area contributed by atoms with Gasteiger partial charge in [0.05, 0.1) is 5.56 Å². The monoisotopic (exact) mass is 247 g/mol. The molecule has 0 aliphatic heterocycles. The quantitative estimate of drug-likeness (QED) is 0.859. The Labute approximate surface area is 98.2 Å². The molecule has 1 rings (SSSR count). The van der Waals surface area contributed by atoms with Gasteiger partial charge in [0.1, 0.15) is 5.82 Å². The highest BCUT2D eigenvalue weighted by atomic mass is 19.4. The van der Waals surface area contributed by atoms with E-state index in [9.17, 15) is 13.2 Å². The lowest BCUT2D eigenvalue weighted by molar-refractivity contribution is -0.137. The van der Waals surface area contributed by atoms with Crippen molar-refractivity contribution in [2.24, 2.45) is 11.7 Å². The van der Waals surface area contributed by atoms with Crippen LogP contribution in [0.4, 0.5) is 19.0 Å². The molecular formula is C11H16F3N3. The molecule has 0 aliphatic carbocycles. The highest BCUT2D eigenvalue weighted by molar-refractivity contribution is 5.37. The molecule has 17 heavy (non-hydrogen) atoms. The fourth-order valence-corrected chi connectivity index (χ4v) is 1.33. The highest BCUT2D eigenvalue weighted by Gasteiger charge is 2.30. The molecule has 96 valence electrons. The van der Waals surface area contributed by atoms with Crippen molar-refractivity contribution in [1.82, 2.24) is 4.98 Å². The molecule has 0 saturated heterocycles. The third-order valence-electron chi connectivity index (χ3n) is 2.48. The number of hydrogen-bond acceptors (Lipinski definition) is 3. The summed E-state index contributed by atoms with van der Waals surface area (Å²) in [4.78, 5) is 3.73. The number of halogens is 3. The van der Waals surface area contributed by atoms with Crippen molar-refractivity contribution >= 4 is 5.82 Å². The number of alkyl halides is 3. The van der Waals surface area contributed by atoms with Crippen LogP contribution in [-0.2, 0) is 6.18 Å². The minimum absolute atomic E-state index is 0.000707. The third-order valence-corrected chi connectivity index (χ3v) is 2.48. The molecule has 1 unspecified atom stereocenters. The molecule has 0 amide bonds. The van der Waals surface area contributed by atoms with Crippen molar-refractivity contribution in [2.75, 3.05) is 11.9 Å². The second-order valence-electron chi connectivity index (χ2n) is 4.16. The number of anilines is 1. The summed E-state index contributed by atoms with van der Waals surface area (Å²) >= 11 is 0. The van der Waals surface area contributed by atoms with Crippen LogP contribution in [0.1, 0.15) is 19.4 Å². The molecule has 0 spiro atoms. The molecule has 0 bridgehead atoms. The number of rotatable bonds is 4. The molecule has 0 saturated carbocycles. The molecule has 1 heterocycles. The SMILES string of the molecule is CC(C)C(CN)Nc1ccc(C(F)(F)F)cn1. The summed E-state index contributed by atoms with van der Waals surface area (Å²) in [7, 11) is 0. The van der Waals surface area contributed by atoms with Crippen LogP contribution in [-0.4, -0.2) is 17.6 Å². The average molecular weight is 247 g/mol. The maximum absolute atomic E-state index is 12.3. The first-order chi connectivity index (χ1) is 7.84. The molecule has 0 aliphatic rings.